The van der Waals surface area contributed by atoms with Crippen LogP contribution in [0.2, 0.25) is 0 Å². The summed E-state index contributed by atoms with van der Waals surface area (Å²) in [5.41, 5.74) is 3.68. The van der Waals surface area contributed by atoms with E-state index in [2.05, 4.69) is 39.2 Å². The third-order valence-electron chi connectivity index (χ3n) is 6.08. The van der Waals surface area contributed by atoms with Crippen molar-refractivity contribution in [3.05, 3.63) is 46.2 Å². The Kier molecular flexibility index (Phi) is 5.23. The molecule has 2 fully saturated rings. The molecule has 3 aromatic rings. The van der Waals surface area contributed by atoms with E-state index in [1.807, 2.05) is 47.0 Å². The largest absolute Gasteiger partial charge is 0.367 e. The first-order valence-electron chi connectivity index (χ1n) is 10.6. The van der Waals surface area contributed by atoms with Crippen molar-refractivity contribution in [2.24, 2.45) is 5.92 Å². The number of carbonyl (C=O) groups excluding carboxylic acids is 1. The van der Waals surface area contributed by atoms with Gasteiger partial charge in [0.25, 0.3) is 0 Å². The van der Waals surface area contributed by atoms with Crippen molar-refractivity contribution in [1.29, 1.82) is 0 Å². The molecule has 0 spiro atoms. The Morgan fingerprint density at radius 2 is 2.10 bits per heavy atom. The van der Waals surface area contributed by atoms with Gasteiger partial charge in [0, 0.05) is 12.1 Å². The van der Waals surface area contributed by atoms with Crippen LogP contribution in [0.25, 0.3) is 11.4 Å². The fourth-order valence-electron chi connectivity index (χ4n) is 4.20. The van der Waals surface area contributed by atoms with E-state index in [9.17, 15) is 4.79 Å². The average Bonchev–Trinajstić information content (AvgIpc) is 3.18. The summed E-state index contributed by atoms with van der Waals surface area (Å²) in [6, 6.07) is 8.17. The van der Waals surface area contributed by atoms with E-state index in [1.165, 1.54) is 0 Å². The number of nitrogens with zero attached hydrogens (tertiary/aromatic N) is 5. The third-order valence-corrected chi connectivity index (χ3v) is 6.78. The molecule has 1 saturated carbocycles. The molecule has 162 valence electrons. The van der Waals surface area contributed by atoms with Crippen LogP contribution in [0.5, 0.6) is 0 Å². The number of anilines is 1. The minimum Gasteiger partial charge on any atom is -0.367 e. The normalized spacial score (nSPS) is 25.5. The standard InChI is InChI=1S/C22H26N6O2S/c1-13-5-4-6-17(21-24-25-26-28(21)18-9-14(18)2)20(13)23-22(29)27-10-15(3)30-19(11-27)16-7-8-31-12-16/h4-8,12,14-15,18-19H,9-11H2,1-3H3,(H,23,29)/t14-,15+,18-,19-/m1/s1. The molecule has 0 unspecified atom stereocenters. The maximum atomic E-state index is 13.3. The molecule has 2 aliphatic rings. The van der Waals surface area contributed by atoms with E-state index in [0.29, 0.717) is 30.9 Å². The molecule has 2 amide bonds. The van der Waals surface area contributed by atoms with Crippen LogP contribution >= 0.6 is 11.3 Å². The Labute approximate surface area is 185 Å². The van der Waals surface area contributed by atoms with Gasteiger partial charge >= 0.3 is 6.03 Å². The molecule has 9 heteroatoms. The van der Waals surface area contributed by atoms with E-state index >= 15 is 0 Å². The summed E-state index contributed by atoms with van der Waals surface area (Å²) >= 11 is 1.64. The van der Waals surface area contributed by atoms with E-state index in [4.69, 9.17) is 4.74 Å². The van der Waals surface area contributed by atoms with Crippen molar-refractivity contribution < 1.29 is 9.53 Å². The minimum atomic E-state index is -0.134. The van der Waals surface area contributed by atoms with Gasteiger partial charge in [0.1, 0.15) is 6.10 Å². The second-order valence-corrected chi connectivity index (χ2v) is 9.33. The highest BCUT2D eigenvalue weighted by molar-refractivity contribution is 7.07. The number of tetrazole rings is 1. The first kappa shape index (κ1) is 20.1. The second-order valence-electron chi connectivity index (χ2n) is 8.55. The van der Waals surface area contributed by atoms with Crippen LogP contribution < -0.4 is 5.32 Å². The Morgan fingerprint density at radius 3 is 2.84 bits per heavy atom. The Hall–Kier alpha value is -2.78. The van der Waals surface area contributed by atoms with Gasteiger partial charge in [-0.25, -0.2) is 9.48 Å². The van der Waals surface area contributed by atoms with Crippen molar-refractivity contribution in [2.45, 2.75) is 45.4 Å². The lowest BCUT2D eigenvalue weighted by Gasteiger charge is -2.36. The van der Waals surface area contributed by atoms with Gasteiger partial charge in [0.05, 0.1) is 24.4 Å². The van der Waals surface area contributed by atoms with E-state index in [-0.39, 0.29) is 18.2 Å². The molecule has 5 rings (SSSR count). The van der Waals surface area contributed by atoms with Crippen LogP contribution in [-0.2, 0) is 4.74 Å². The van der Waals surface area contributed by atoms with Crippen molar-refractivity contribution in [2.75, 3.05) is 18.4 Å². The minimum absolute atomic E-state index is 0.0376. The fraction of sp³-hybridized carbons (Fsp3) is 0.455. The molecule has 0 bridgehead atoms. The molecule has 4 atom stereocenters. The number of ether oxygens (including phenoxy) is 1. The van der Waals surface area contributed by atoms with Crippen molar-refractivity contribution in [3.8, 4) is 11.4 Å². The number of morpholine rings is 1. The first-order valence-corrected chi connectivity index (χ1v) is 11.6. The summed E-state index contributed by atoms with van der Waals surface area (Å²) in [5, 5.41) is 19.7. The van der Waals surface area contributed by atoms with Gasteiger partial charge in [-0.2, -0.15) is 11.3 Å². The molecular formula is C22H26N6O2S. The van der Waals surface area contributed by atoms with Crippen molar-refractivity contribution >= 4 is 23.1 Å². The summed E-state index contributed by atoms with van der Waals surface area (Å²) < 4.78 is 7.97. The third kappa shape index (κ3) is 3.95. The zero-order valence-electron chi connectivity index (χ0n) is 17.9. The molecular weight excluding hydrogens is 412 g/mol. The highest BCUT2D eigenvalue weighted by atomic mass is 32.1. The van der Waals surface area contributed by atoms with Crippen molar-refractivity contribution in [1.82, 2.24) is 25.1 Å². The highest BCUT2D eigenvalue weighted by Crippen LogP contribution is 2.44. The smallest absolute Gasteiger partial charge is 0.322 e. The monoisotopic (exact) mass is 438 g/mol. The predicted molar refractivity (Wildman–Crippen MR) is 119 cm³/mol. The van der Waals surface area contributed by atoms with Gasteiger partial charge in [0.15, 0.2) is 5.82 Å². The van der Waals surface area contributed by atoms with Gasteiger partial charge in [-0.3, -0.25) is 0 Å². The molecule has 1 aromatic carbocycles. The Morgan fingerprint density at radius 1 is 1.26 bits per heavy atom. The zero-order valence-corrected chi connectivity index (χ0v) is 18.7. The van der Waals surface area contributed by atoms with Gasteiger partial charge < -0.3 is 15.0 Å². The lowest BCUT2D eigenvalue weighted by Crippen LogP contribution is -2.47. The number of hydrogen-bond acceptors (Lipinski definition) is 6. The number of aromatic nitrogens is 4. The molecule has 2 aromatic heterocycles. The second kappa shape index (κ2) is 8.05. The predicted octanol–water partition coefficient (Wildman–Crippen LogP) is 4.28. The summed E-state index contributed by atoms with van der Waals surface area (Å²) in [6.07, 6.45) is 0.923. The lowest BCUT2D eigenvalue weighted by molar-refractivity contribution is -0.0640. The molecule has 1 saturated heterocycles. The molecule has 0 radical (unpaired) electrons. The number of hydrogen-bond donors (Lipinski definition) is 1. The lowest BCUT2D eigenvalue weighted by atomic mass is 10.1. The van der Waals surface area contributed by atoms with E-state index < -0.39 is 0 Å². The van der Waals surface area contributed by atoms with Crippen LogP contribution in [0.3, 0.4) is 0 Å². The number of aryl methyl sites for hydroxylation is 1. The number of urea groups is 1. The quantitative estimate of drug-likeness (QED) is 0.657. The maximum Gasteiger partial charge on any atom is 0.322 e. The molecule has 3 heterocycles. The number of rotatable bonds is 4. The molecule has 31 heavy (non-hydrogen) atoms. The summed E-state index contributed by atoms with van der Waals surface area (Å²) in [6.45, 7) is 7.25. The van der Waals surface area contributed by atoms with Crippen LogP contribution in [0.15, 0.2) is 35.0 Å². The van der Waals surface area contributed by atoms with Gasteiger partial charge in [0.2, 0.25) is 0 Å². The van der Waals surface area contributed by atoms with Crippen LogP contribution in [0.1, 0.15) is 43.5 Å². The van der Waals surface area contributed by atoms with Crippen LogP contribution in [-0.4, -0.2) is 50.3 Å². The number of benzene rings is 1. The maximum absolute atomic E-state index is 13.3. The van der Waals surface area contributed by atoms with E-state index in [1.54, 1.807) is 11.3 Å². The van der Waals surface area contributed by atoms with Crippen LogP contribution in [0.4, 0.5) is 10.5 Å². The average molecular weight is 439 g/mol. The molecule has 1 aliphatic carbocycles. The first-order chi connectivity index (χ1) is 15.0. The van der Waals surface area contributed by atoms with Crippen LogP contribution in [0, 0.1) is 12.8 Å². The topological polar surface area (TPSA) is 85.2 Å². The van der Waals surface area contributed by atoms with Gasteiger partial charge in [-0.05, 0) is 70.6 Å². The summed E-state index contributed by atoms with van der Waals surface area (Å²) in [4.78, 5) is 15.1. The van der Waals surface area contributed by atoms with Crippen molar-refractivity contribution in [3.63, 3.8) is 0 Å². The highest BCUT2D eigenvalue weighted by Gasteiger charge is 2.38. The number of amides is 2. The number of thiophene rings is 1. The Bertz CT molecular complexity index is 1080. The molecule has 1 aliphatic heterocycles. The number of nitrogens with one attached hydrogen (secondary N) is 1. The molecule has 8 nitrogen and oxygen atoms in total. The summed E-state index contributed by atoms with van der Waals surface area (Å²) in [7, 11) is 0. The number of carbonyl (C=O) groups is 1. The Balaban J connectivity index is 1.40. The summed E-state index contributed by atoms with van der Waals surface area (Å²) in [5.74, 6) is 1.26. The van der Waals surface area contributed by atoms with Gasteiger partial charge in [-0.1, -0.05) is 19.1 Å². The fourth-order valence-corrected chi connectivity index (χ4v) is 4.90. The zero-order chi connectivity index (χ0) is 21.5. The molecule has 1 N–H and O–H groups in total. The SMILES string of the molecule is Cc1cccc(-c2nnnn2[C@@H]2C[C@H]2C)c1NC(=O)N1C[C@H](C)O[C@@H](c2ccsc2)C1. The van der Waals surface area contributed by atoms with E-state index in [0.717, 1.165) is 28.8 Å². The number of para-hydroxylation sites is 1. The van der Waals surface area contributed by atoms with Gasteiger partial charge in [-0.15, -0.1) is 5.10 Å².